The highest BCUT2D eigenvalue weighted by molar-refractivity contribution is 7.12. The van der Waals surface area contributed by atoms with Crippen molar-refractivity contribution in [2.24, 2.45) is 5.73 Å². The first-order chi connectivity index (χ1) is 13.1. The van der Waals surface area contributed by atoms with E-state index in [4.69, 9.17) is 5.73 Å². The van der Waals surface area contributed by atoms with Crippen LogP contribution in [-0.4, -0.2) is 20.9 Å². The van der Waals surface area contributed by atoms with Crippen molar-refractivity contribution < 1.29 is 8.78 Å². The molecule has 0 aliphatic heterocycles. The van der Waals surface area contributed by atoms with Gasteiger partial charge in [-0.15, -0.1) is 23.7 Å². The molecule has 9 heteroatoms. The molecule has 0 amide bonds. The number of benzene rings is 1. The molecule has 2 heterocycles. The molecule has 2 N–H and O–H groups in total. The van der Waals surface area contributed by atoms with Gasteiger partial charge in [0.15, 0.2) is 0 Å². The van der Waals surface area contributed by atoms with Crippen molar-refractivity contribution in [3.05, 3.63) is 86.2 Å². The molecule has 0 fully saturated rings. The van der Waals surface area contributed by atoms with E-state index in [9.17, 15) is 13.6 Å². The normalized spacial score (nSPS) is 11.8. The third kappa shape index (κ3) is 5.48. The molecule has 3 aromatic rings. The second-order valence-corrected chi connectivity index (χ2v) is 7.06. The number of halogens is 3. The maximum Gasteiger partial charge on any atom is 0.346 e. The lowest BCUT2D eigenvalue weighted by molar-refractivity contribution is 0.604. The molecule has 0 unspecified atom stereocenters. The molecule has 2 aromatic heterocycles. The van der Waals surface area contributed by atoms with Gasteiger partial charge in [0.05, 0.1) is 19.4 Å². The summed E-state index contributed by atoms with van der Waals surface area (Å²) in [6.07, 6.45) is 5.56. The summed E-state index contributed by atoms with van der Waals surface area (Å²) in [5, 5.41) is 4.00. The van der Waals surface area contributed by atoms with Gasteiger partial charge in [0.1, 0.15) is 12.1 Å². The van der Waals surface area contributed by atoms with Crippen LogP contribution in [0.15, 0.2) is 59.4 Å². The van der Waals surface area contributed by atoms with Gasteiger partial charge in [0.2, 0.25) is 0 Å². The van der Waals surface area contributed by atoms with E-state index in [-0.39, 0.29) is 37.0 Å². The molecule has 3 rings (SSSR count). The van der Waals surface area contributed by atoms with Crippen molar-refractivity contribution in [2.75, 3.05) is 6.54 Å². The van der Waals surface area contributed by atoms with E-state index < -0.39 is 0 Å². The van der Waals surface area contributed by atoms with Crippen LogP contribution in [0.25, 0.3) is 12.2 Å². The van der Waals surface area contributed by atoms with Crippen LogP contribution >= 0.6 is 23.7 Å². The highest BCUT2D eigenvalue weighted by Gasteiger charge is 2.08. The van der Waals surface area contributed by atoms with Crippen molar-refractivity contribution in [1.82, 2.24) is 14.3 Å². The third-order valence-corrected chi connectivity index (χ3v) is 4.90. The van der Waals surface area contributed by atoms with Crippen LogP contribution in [-0.2, 0) is 13.1 Å². The summed E-state index contributed by atoms with van der Waals surface area (Å²) in [6.45, 7) is 0.432. The van der Waals surface area contributed by atoms with Crippen LogP contribution in [0.4, 0.5) is 8.78 Å². The van der Waals surface area contributed by atoms with Crippen LogP contribution < -0.4 is 11.4 Å². The van der Waals surface area contributed by atoms with E-state index in [1.54, 1.807) is 6.07 Å². The Balaban J connectivity index is 0.00000280. The maximum atomic E-state index is 13.2. The van der Waals surface area contributed by atoms with Crippen molar-refractivity contribution in [1.29, 1.82) is 0 Å². The van der Waals surface area contributed by atoms with Crippen molar-refractivity contribution in [3.63, 3.8) is 0 Å². The van der Waals surface area contributed by atoms with Gasteiger partial charge in [-0.1, -0.05) is 18.2 Å². The largest absolute Gasteiger partial charge is 0.346 e. The number of hydrogen-bond donors (Lipinski definition) is 1. The lowest BCUT2D eigenvalue weighted by Crippen LogP contribution is -2.26. The van der Waals surface area contributed by atoms with Crippen LogP contribution in [0.3, 0.4) is 0 Å². The van der Waals surface area contributed by atoms with Crippen LogP contribution in [0.5, 0.6) is 0 Å². The average Bonchev–Trinajstić information content (AvgIpc) is 3.26. The Morgan fingerprint density at radius 3 is 2.79 bits per heavy atom. The van der Waals surface area contributed by atoms with E-state index >= 15 is 0 Å². The van der Waals surface area contributed by atoms with Crippen LogP contribution in [0, 0.1) is 5.82 Å². The monoisotopic (exact) mass is 424 g/mol. The highest BCUT2D eigenvalue weighted by Crippen LogP contribution is 2.20. The van der Waals surface area contributed by atoms with Gasteiger partial charge in [-0.2, -0.15) is 5.10 Å². The number of aromatic nitrogens is 3. The summed E-state index contributed by atoms with van der Waals surface area (Å²) in [7, 11) is 0. The topological polar surface area (TPSA) is 65.8 Å². The van der Waals surface area contributed by atoms with Gasteiger partial charge < -0.3 is 5.73 Å². The minimum absolute atomic E-state index is 0. The smallest absolute Gasteiger partial charge is 0.327 e. The Morgan fingerprint density at radius 1 is 1.25 bits per heavy atom. The SMILES string of the molecule is Cl.NC/C(=C\F)Cn1ncn(Cc2ccc(/C=C/c3cccc(F)c3)s2)c1=O. The summed E-state index contributed by atoms with van der Waals surface area (Å²) < 4.78 is 28.5. The van der Waals surface area contributed by atoms with E-state index in [0.717, 1.165) is 15.3 Å². The standard InChI is InChI=1S/C19H18F2N4OS.ClH/c20-9-15(10-22)11-25-19(26)24(13-23-25)12-18-7-6-17(27-18)5-4-14-2-1-3-16(21)8-14;/h1-9,13H,10-12,22H2;1H/b5-4+,15-9+;. The Hall–Kier alpha value is -2.55. The van der Waals surface area contributed by atoms with Crippen molar-refractivity contribution in [3.8, 4) is 0 Å². The first kappa shape index (κ1) is 21.7. The molecule has 5 nitrogen and oxygen atoms in total. The van der Waals surface area contributed by atoms with Gasteiger partial charge in [-0.3, -0.25) is 4.57 Å². The van der Waals surface area contributed by atoms with Gasteiger partial charge >= 0.3 is 5.69 Å². The Labute approximate surface area is 170 Å². The molecule has 148 valence electrons. The first-order valence-corrected chi connectivity index (χ1v) is 9.03. The molecule has 0 aliphatic rings. The Bertz CT molecular complexity index is 1040. The van der Waals surface area contributed by atoms with Gasteiger partial charge in [0.25, 0.3) is 0 Å². The zero-order chi connectivity index (χ0) is 19.2. The van der Waals surface area contributed by atoms with Crippen LogP contribution in [0.2, 0.25) is 0 Å². The predicted molar refractivity (Wildman–Crippen MR) is 111 cm³/mol. The fourth-order valence-corrected chi connectivity index (χ4v) is 3.36. The molecule has 0 aliphatic carbocycles. The predicted octanol–water partition coefficient (Wildman–Crippen LogP) is 3.70. The lowest BCUT2D eigenvalue weighted by Gasteiger charge is -2.01. The molecule has 0 radical (unpaired) electrons. The summed E-state index contributed by atoms with van der Waals surface area (Å²) in [5.74, 6) is -0.277. The van der Waals surface area contributed by atoms with E-state index in [2.05, 4.69) is 5.10 Å². The molecule has 0 spiro atoms. The molecular weight excluding hydrogens is 406 g/mol. The quantitative estimate of drug-likeness (QED) is 0.629. The summed E-state index contributed by atoms with van der Waals surface area (Å²) in [4.78, 5) is 14.3. The molecule has 0 saturated heterocycles. The Morgan fingerprint density at radius 2 is 2.07 bits per heavy atom. The average molecular weight is 425 g/mol. The number of rotatable bonds is 7. The Kier molecular flexibility index (Phi) is 7.86. The summed E-state index contributed by atoms with van der Waals surface area (Å²) in [5.41, 5.74) is 6.15. The minimum atomic E-state index is -0.326. The summed E-state index contributed by atoms with van der Waals surface area (Å²) >= 11 is 1.52. The third-order valence-electron chi connectivity index (χ3n) is 3.86. The molecular formula is C19H19ClF2N4OS. The van der Waals surface area contributed by atoms with E-state index in [1.165, 1.54) is 39.0 Å². The zero-order valence-corrected chi connectivity index (χ0v) is 16.4. The molecule has 1 aromatic carbocycles. The van der Waals surface area contributed by atoms with Crippen molar-refractivity contribution >= 4 is 35.9 Å². The van der Waals surface area contributed by atoms with Gasteiger partial charge in [-0.25, -0.2) is 18.3 Å². The van der Waals surface area contributed by atoms with Gasteiger partial charge in [-0.05, 0) is 41.5 Å². The number of nitrogens with zero attached hydrogens (tertiary/aromatic N) is 3. The molecule has 0 bridgehead atoms. The maximum absolute atomic E-state index is 13.2. The van der Waals surface area contributed by atoms with Crippen molar-refractivity contribution in [2.45, 2.75) is 13.1 Å². The molecule has 0 atom stereocenters. The minimum Gasteiger partial charge on any atom is -0.327 e. The number of nitrogens with two attached hydrogens (primary N) is 1. The summed E-state index contributed by atoms with van der Waals surface area (Å²) in [6, 6.07) is 10.2. The second-order valence-electron chi connectivity index (χ2n) is 5.86. The first-order valence-electron chi connectivity index (χ1n) is 8.22. The lowest BCUT2D eigenvalue weighted by atomic mass is 10.2. The van der Waals surface area contributed by atoms with Gasteiger partial charge in [0, 0.05) is 16.3 Å². The zero-order valence-electron chi connectivity index (χ0n) is 14.8. The van der Waals surface area contributed by atoms with Crippen LogP contribution in [0.1, 0.15) is 15.3 Å². The second kappa shape index (κ2) is 10.1. The number of thiophene rings is 1. The fourth-order valence-electron chi connectivity index (χ4n) is 2.45. The highest BCUT2D eigenvalue weighted by atomic mass is 35.5. The fraction of sp³-hybridized carbons (Fsp3) is 0.158. The van der Waals surface area contributed by atoms with E-state index in [0.29, 0.717) is 18.4 Å². The molecule has 28 heavy (non-hydrogen) atoms. The van der Waals surface area contributed by atoms with E-state index in [1.807, 2.05) is 30.4 Å². The number of hydrogen-bond acceptors (Lipinski definition) is 4. The molecule has 0 saturated carbocycles.